The van der Waals surface area contributed by atoms with Gasteiger partial charge in [-0.3, -0.25) is 9.69 Å². The fourth-order valence-corrected chi connectivity index (χ4v) is 3.59. The molecule has 1 saturated heterocycles. The average molecular weight is 354 g/mol. The lowest BCUT2D eigenvalue weighted by molar-refractivity contribution is -0.122. The Morgan fingerprint density at radius 3 is 2.46 bits per heavy atom. The lowest BCUT2D eigenvalue weighted by Gasteiger charge is -2.31. The lowest BCUT2D eigenvalue weighted by Crippen LogP contribution is -2.42. The number of benzene rings is 2. The van der Waals surface area contributed by atoms with Crippen LogP contribution in [-0.2, 0) is 17.6 Å². The number of amides is 1. The lowest BCUT2D eigenvalue weighted by atomic mass is 9.90. The summed E-state index contributed by atoms with van der Waals surface area (Å²) in [5.74, 6) is 0.530. The molecule has 1 amide bonds. The van der Waals surface area contributed by atoms with Crippen molar-refractivity contribution in [2.24, 2.45) is 5.92 Å². The highest BCUT2D eigenvalue weighted by Gasteiger charge is 2.20. The van der Waals surface area contributed by atoms with Crippen LogP contribution < -0.4 is 5.32 Å². The van der Waals surface area contributed by atoms with E-state index in [4.69, 9.17) is 0 Å². The summed E-state index contributed by atoms with van der Waals surface area (Å²) in [5.41, 5.74) is 2.05. The van der Waals surface area contributed by atoms with Crippen LogP contribution >= 0.6 is 0 Å². The van der Waals surface area contributed by atoms with Crippen LogP contribution in [0.2, 0.25) is 0 Å². The summed E-state index contributed by atoms with van der Waals surface area (Å²) in [5, 5.41) is 2.91. The molecule has 0 unspecified atom stereocenters. The Labute approximate surface area is 155 Å². The Hall–Kier alpha value is -2.20. The van der Waals surface area contributed by atoms with Crippen molar-refractivity contribution in [2.45, 2.75) is 25.7 Å². The summed E-state index contributed by atoms with van der Waals surface area (Å²) in [4.78, 5) is 14.3. The van der Waals surface area contributed by atoms with Crippen molar-refractivity contribution in [2.75, 3.05) is 26.2 Å². The van der Waals surface area contributed by atoms with Gasteiger partial charge in [0.2, 0.25) is 5.91 Å². The number of hydrogen-bond donors (Lipinski definition) is 1. The van der Waals surface area contributed by atoms with E-state index in [9.17, 15) is 9.18 Å². The largest absolute Gasteiger partial charge is 0.355 e. The van der Waals surface area contributed by atoms with Crippen LogP contribution in [0.25, 0.3) is 0 Å². The van der Waals surface area contributed by atoms with Crippen molar-refractivity contribution >= 4 is 5.91 Å². The van der Waals surface area contributed by atoms with Crippen molar-refractivity contribution in [3.63, 3.8) is 0 Å². The zero-order valence-electron chi connectivity index (χ0n) is 15.2. The molecule has 1 fully saturated rings. The van der Waals surface area contributed by atoms with Crippen molar-refractivity contribution in [3.05, 3.63) is 71.5 Å². The standard InChI is InChI=1S/C22H27FN2O/c23-21-9-5-4-8-20(21)10-13-24-22(26)17-25-14-11-19(12-15-25)16-18-6-2-1-3-7-18/h1-9,19H,10-17H2,(H,24,26). The van der Waals surface area contributed by atoms with E-state index in [0.717, 1.165) is 32.4 Å². The number of nitrogens with zero attached hydrogens (tertiary/aromatic N) is 1. The van der Waals surface area contributed by atoms with E-state index < -0.39 is 0 Å². The predicted molar refractivity (Wildman–Crippen MR) is 102 cm³/mol. The first kappa shape index (κ1) is 18.6. The van der Waals surface area contributed by atoms with E-state index in [0.29, 0.717) is 31.0 Å². The second-order valence-corrected chi connectivity index (χ2v) is 7.10. The molecule has 1 aliphatic heterocycles. The number of carbonyl (C=O) groups is 1. The molecule has 3 rings (SSSR count). The number of hydrogen-bond acceptors (Lipinski definition) is 2. The molecule has 3 nitrogen and oxygen atoms in total. The molecule has 0 aliphatic carbocycles. The molecule has 0 spiro atoms. The average Bonchev–Trinajstić information content (AvgIpc) is 2.66. The molecule has 0 saturated carbocycles. The van der Waals surface area contributed by atoms with Gasteiger partial charge >= 0.3 is 0 Å². The number of likely N-dealkylation sites (tertiary alicyclic amines) is 1. The maximum Gasteiger partial charge on any atom is 0.234 e. The van der Waals surface area contributed by atoms with Gasteiger partial charge in [-0.2, -0.15) is 0 Å². The van der Waals surface area contributed by atoms with Crippen molar-refractivity contribution in [1.29, 1.82) is 0 Å². The van der Waals surface area contributed by atoms with Gasteiger partial charge in [-0.05, 0) is 61.9 Å². The minimum atomic E-state index is -0.206. The normalized spacial score (nSPS) is 15.7. The zero-order valence-corrected chi connectivity index (χ0v) is 15.2. The molecule has 0 radical (unpaired) electrons. The molecule has 0 aromatic heterocycles. The molecule has 26 heavy (non-hydrogen) atoms. The predicted octanol–water partition coefficient (Wildman–Crippen LogP) is 3.44. The van der Waals surface area contributed by atoms with Crippen LogP contribution in [0.15, 0.2) is 54.6 Å². The Morgan fingerprint density at radius 2 is 1.73 bits per heavy atom. The topological polar surface area (TPSA) is 32.3 Å². The molecular formula is C22H27FN2O. The summed E-state index contributed by atoms with van der Waals surface area (Å²) >= 11 is 0. The van der Waals surface area contributed by atoms with Crippen LogP contribution in [0.1, 0.15) is 24.0 Å². The fraction of sp³-hybridized carbons (Fsp3) is 0.409. The smallest absolute Gasteiger partial charge is 0.234 e. The highest BCUT2D eigenvalue weighted by molar-refractivity contribution is 5.78. The van der Waals surface area contributed by atoms with Crippen LogP contribution in [0, 0.1) is 11.7 Å². The van der Waals surface area contributed by atoms with E-state index in [2.05, 4.69) is 40.5 Å². The molecule has 1 aliphatic rings. The number of halogens is 1. The fourth-order valence-electron chi connectivity index (χ4n) is 3.59. The molecule has 2 aromatic carbocycles. The third kappa shape index (κ3) is 5.67. The monoisotopic (exact) mass is 354 g/mol. The minimum Gasteiger partial charge on any atom is -0.355 e. The van der Waals surface area contributed by atoms with Gasteiger partial charge in [0, 0.05) is 6.54 Å². The third-order valence-corrected chi connectivity index (χ3v) is 5.12. The van der Waals surface area contributed by atoms with Crippen LogP contribution in [0.5, 0.6) is 0 Å². The number of piperidine rings is 1. The second kappa shape index (κ2) is 9.48. The molecule has 2 aromatic rings. The highest BCUT2D eigenvalue weighted by atomic mass is 19.1. The summed E-state index contributed by atoms with van der Waals surface area (Å²) in [6.45, 7) is 2.86. The van der Waals surface area contributed by atoms with E-state index >= 15 is 0 Å². The number of rotatable bonds is 7. The van der Waals surface area contributed by atoms with Gasteiger partial charge < -0.3 is 5.32 Å². The molecule has 138 valence electrons. The summed E-state index contributed by atoms with van der Waals surface area (Å²) in [7, 11) is 0. The van der Waals surface area contributed by atoms with Crippen molar-refractivity contribution in [3.8, 4) is 0 Å². The highest BCUT2D eigenvalue weighted by Crippen LogP contribution is 2.21. The first-order valence-corrected chi connectivity index (χ1v) is 9.47. The molecule has 1 N–H and O–H groups in total. The van der Waals surface area contributed by atoms with Gasteiger partial charge in [0.25, 0.3) is 0 Å². The van der Waals surface area contributed by atoms with E-state index in [1.807, 2.05) is 6.07 Å². The number of carbonyl (C=O) groups excluding carboxylic acids is 1. The number of nitrogens with one attached hydrogen (secondary N) is 1. The Bertz CT molecular complexity index is 696. The minimum absolute atomic E-state index is 0.0304. The van der Waals surface area contributed by atoms with Gasteiger partial charge in [-0.15, -0.1) is 0 Å². The summed E-state index contributed by atoms with van der Waals surface area (Å²) in [6.07, 6.45) is 3.93. The molecule has 0 bridgehead atoms. The maximum atomic E-state index is 13.6. The first-order chi connectivity index (χ1) is 12.7. The second-order valence-electron chi connectivity index (χ2n) is 7.10. The Morgan fingerprint density at radius 1 is 1.04 bits per heavy atom. The van der Waals surface area contributed by atoms with Gasteiger partial charge in [0.15, 0.2) is 0 Å². The van der Waals surface area contributed by atoms with E-state index in [-0.39, 0.29) is 11.7 Å². The quantitative estimate of drug-likeness (QED) is 0.826. The van der Waals surface area contributed by atoms with Gasteiger partial charge in [0.05, 0.1) is 6.54 Å². The first-order valence-electron chi connectivity index (χ1n) is 9.47. The molecule has 4 heteroatoms. The Kier molecular flexibility index (Phi) is 6.78. The van der Waals surface area contributed by atoms with Crippen LogP contribution in [0.4, 0.5) is 4.39 Å². The van der Waals surface area contributed by atoms with E-state index in [1.54, 1.807) is 12.1 Å². The zero-order chi connectivity index (χ0) is 18.2. The SMILES string of the molecule is O=C(CN1CCC(Cc2ccccc2)CC1)NCCc1ccccc1F. The maximum absolute atomic E-state index is 13.6. The summed E-state index contributed by atoms with van der Waals surface area (Å²) in [6, 6.07) is 17.3. The van der Waals surface area contributed by atoms with Gasteiger partial charge in [-0.1, -0.05) is 48.5 Å². The van der Waals surface area contributed by atoms with E-state index in [1.165, 1.54) is 11.6 Å². The van der Waals surface area contributed by atoms with Crippen molar-refractivity contribution < 1.29 is 9.18 Å². The third-order valence-electron chi connectivity index (χ3n) is 5.12. The summed E-state index contributed by atoms with van der Waals surface area (Å²) < 4.78 is 13.6. The molecule has 1 heterocycles. The Balaban J connectivity index is 1.34. The van der Waals surface area contributed by atoms with Gasteiger partial charge in [-0.25, -0.2) is 4.39 Å². The van der Waals surface area contributed by atoms with Crippen LogP contribution in [-0.4, -0.2) is 37.0 Å². The molecule has 0 atom stereocenters. The van der Waals surface area contributed by atoms with Crippen LogP contribution in [0.3, 0.4) is 0 Å². The molecular weight excluding hydrogens is 327 g/mol. The van der Waals surface area contributed by atoms with Gasteiger partial charge in [0.1, 0.15) is 5.82 Å². The van der Waals surface area contributed by atoms with Crippen molar-refractivity contribution in [1.82, 2.24) is 10.2 Å².